The van der Waals surface area contributed by atoms with E-state index in [1.165, 1.54) is 84.2 Å². The van der Waals surface area contributed by atoms with E-state index in [0.717, 1.165) is 0 Å². The second kappa shape index (κ2) is 5.32. The van der Waals surface area contributed by atoms with Crippen molar-refractivity contribution in [2.24, 2.45) is 0 Å². The topological polar surface area (TPSA) is 13.0 Å². The van der Waals surface area contributed by atoms with Crippen LogP contribution < -0.4 is 0 Å². The van der Waals surface area contributed by atoms with E-state index in [-0.39, 0.29) is 5.79 Å². The number of rotatable bonds is 3. The molecule has 4 heterocycles. The normalized spacial score (nSPS) is 36.7. The van der Waals surface area contributed by atoms with Crippen molar-refractivity contribution in [2.75, 3.05) is 39.3 Å². The smallest absolute Gasteiger partial charge is 0.163 e. The maximum Gasteiger partial charge on any atom is 0.163 e. The van der Waals surface area contributed by atoms with Gasteiger partial charge in [-0.15, -0.1) is 0 Å². The summed E-state index contributed by atoms with van der Waals surface area (Å²) in [4.78, 5) is 5.41. The van der Waals surface area contributed by atoms with Crippen LogP contribution in [-0.4, -0.2) is 64.9 Å². The summed E-state index contributed by atoms with van der Waals surface area (Å²) >= 11 is 0. The minimum Gasteiger partial charge on any atom is -0.346 e. The second-order valence-corrected chi connectivity index (χ2v) is 6.72. The van der Waals surface area contributed by atoms with Gasteiger partial charge in [-0.25, -0.2) is 10.0 Å². The first kappa shape index (κ1) is 13.1. The van der Waals surface area contributed by atoms with Crippen LogP contribution in [0.5, 0.6) is 0 Å². The molecule has 1 unspecified atom stereocenters. The Bertz CT molecular complexity index is 373. The van der Waals surface area contributed by atoms with Crippen LogP contribution in [0.25, 0.3) is 0 Å². The van der Waals surface area contributed by atoms with Gasteiger partial charge in [0.1, 0.15) is 0 Å². The van der Waals surface area contributed by atoms with E-state index < -0.39 is 0 Å². The lowest BCUT2D eigenvalue weighted by Gasteiger charge is -2.62. The van der Waals surface area contributed by atoms with Gasteiger partial charge in [-0.2, -0.15) is 0 Å². The highest BCUT2D eigenvalue weighted by atomic mass is 15.8. The molecule has 4 nitrogen and oxygen atoms in total. The molecule has 20 heavy (non-hydrogen) atoms. The van der Waals surface area contributed by atoms with Crippen LogP contribution in [0.1, 0.15) is 44.9 Å². The fourth-order valence-corrected chi connectivity index (χ4v) is 4.50. The molecular formula is C16H28N4. The summed E-state index contributed by atoms with van der Waals surface area (Å²) in [7, 11) is 0. The Morgan fingerprint density at radius 1 is 0.750 bits per heavy atom. The first-order chi connectivity index (χ1) is 9.91. The molecule has 0 radical (unpaired) electrons. The third kappa shape index (κ3) is 1.92. The number of hydrazine groups is 1. The van der Waals surface area contributed by atoms with Crippen LogP contribution in [0.2, 0.25) is 0 Å². The third-order valence-electron chi connectivity index (χ3n) is 5.61. The fraction of sp³-hybridized carbons (Fsp3) is 0.875. The van der Waals surface area contributed by atoms with Crippen LogP contribution in [0.4, 0.5) is 0 Å². The second-order valence-electron chi connectivity index (χ2n) is 6.72. The molecule has 0 aromatic heterocycles. The minimum atomic E-state index is 0.174. The van der Waals surface area contributed by atoms with Crippen molar-refractivity contribution in [3.05, 3.63) is 12.3 Å². The summed E-state index contributed by atoms with van der Waals surface area (Å²) in [5.41, 5.74) is 0. The van der Waals surface area contributed by atoms with Gasteiger partial charge in [-0.3, -0.25) is 4.90 Å². The molecule has 3 saturated heterocycles. The Hall–Kier alpha value is -0.580. The Labute approximate surface area is 123 Å². The standard InChI is InChI=1S/C16H28N4/c1-2-15-20(19-13-5-6-14-19)16(8-1,18-11-7-12-18)17-9-3-4-10-17/h3,9H,1-2,4-8,10-15H2. The van der Waals surface area contributed by atoms with Crippen molar-refractivity contribution in [2.45, 2.75) is 50.7 Å². The molecule has 4 aliphatic heterocycles. The molecule has 3 fully saturated rings. The summed E-state index contributed by atoms with van der Waals surface area (Å²) in [5.74, 6) is 0.174. The summed E-state index contributed by atoms with van der Waals surface area (Å²) in [6.45, 7) is 7.57. The first-order valence-electron chi connectivity index (χ1n) is 8.62. The predicted octanol–water partition coefficient (Wildman–Crippen LogP) is 2.06. The maximum absolute atomic E-state index is 2.76. The summed E-state index contributed by atoms with van der Waals surface area (Å²) < 4.78 is 0. The van der Waals surface area contributed by atoms with Crippen LogP contribution in [-0.2, 0) is 0 Å². The predicted molar refractivity (Wildman–Crippen MR) is 80.7 cm³/mol. The van der Waals surface area contributed by atoms with E-state index in [0.29, 0.717) is 0 Å². The summed E-state index contributed by atoms with van der Waals surface area (Å²) in [5, 5.41) is 5.43. The zero-order valence-corrected chi connectivity index (χ0v) is 12.6. The number of hydrogen-bond acceptors (Lipinski definition) is 4. The molecule has 4 heteroatoms. The lowest BCUT2D eigenvalue weighted by atomic mass is 9.97. The van der Waals surface area contributed by atoms with Crippen molar-refractivity contribution in [3.63, 3.8) is 0 Å². The Balaban J connectivity index is 1.66. The molecule has 4 rings (SSSR count). The number of piperidine rings is 1. The van der Waals surface area contributed by atoms with Crippen molar-refractivity contribution in [1.82, 2.24) is 19.8 Å². The molecule has 0 N–H and O–H groups in total. The molecule has 0 aliphatic carbocycles. The molecular weight excluding hydrogens is 248 g/mol. The van der Waals surface area contributed by atoms with Gasteiger partial charge < -0.3 is 4.90 Å². The monoisotopic (exact) mass is 276 g/mol. The molecule has 0 aromatic rings. The van der Waals surface area contributed by atoms with Crippen molar-refractivity contribution < 1.29 is 0 Å². The van der Waals surface area contributed by atoms with E-state index in [1.807, 2.05) is 0 Å². The Morgan fingerprint density at radius 3 is 2.20 bits per heavy atom. The highest BCUT2D eigenvalue weighted by molar-refractivity contribution is 5.04. The fourth-order valence-electron chi connectivity index (χ4n) is 4.50. The van der Waals surface area contributed by atoms with Gasteiger partial charge in [0.25, 0.3) is 0 Å². The van der Waals surface area contributed by atoms with Crippen molar-refractivity contribution >= 4 is 0 Å². The Kier molecular flexibility index (Phi) is 3.49. The highest BCUT2D eigenvalue weighted by Gasteiger charge is 2.51. The number of nitrogens with zero attached hydrogens (tertiary/aromatic N) is 4. The van der Waals surface area contributed by atoms with Crippen LogP contribution in [0, 0.1) is 0 Å². The quantitative estimate of drug-likeness (QED) is 0.782. The van der Waals surface area contributed by atoms with E-state index in [1.54, 1.807) is 0 Å². The van der Waals surface area contributed by atoms with Crippen LogP contribution in [0.3, 0.4) is 0 Å². The largest absolute Gasteiger partial charge is 0.346 e. The van der Waals surface area contributed by atoms with E-state index in [2.05, 4.69) is 32.1 Å². The molecule has 1 atom stereocenters. The summed E-state index contributed by atoms with van der Waals surface area (Å²) in [6.07, 6.45) is 14.2. The summed E-state index contributed by atoms with van der Waals surface area (Å²) in [6, 6.07) is 0. The van der Waals surface area contributed by atoms with E-state index >= 15 is 0 Å². The van der Waals surface area contributed by atoms with Gasteiger partial charge in [0, 0.05) is 39.3 Å². The Morgan fingerprint density at radius 2 is 1.55 bits per heavy atom. The molecule has 0 bridgehead atoms. The highest BCUT2D eigenvalue weighted by Crippen LogP contribution is 2.40. The zero-order valence-electron chi connectivity index (χ0n) is 12.6. The third-order valence-corrected chi connectivity index (χ3v) is 5.61. The van der Waals surface area contributed by atoms with Gasteiger partial charge in [0.2, 0.25) is 0 Å². The number of hydrogen-bond donors (Lipinski definition) is 0. The molecule has 0 amide bonds. The SMILES string of the molecule is C1=CN(C2(N3CCC3)CCCCN2N2CCCC2)CC1. The molecule has 0 spiro atoms. The van der Waals surface area contributed by atoms with Crippen LogP contribution >= 0.6 is 0 Å². The first-order valence-corrected chi connectivity index (χ1v) is 8.62. The van der Waals surface area contributed by atoms with Crippen molar-refractivity contribution in [3.8, 4) is 0 Å². The van der Waals surface area contributed by atoms with Crippen LogP contribution in [0.15, 0.2) is 12.3 Å². The molecule has 0 aromatic carbocycles. The molecule has 112 valence electrons. The molecule has 4 aliphatic rings. The van der Waals surface area contributed by atoms with Gasteiger partial charge in [0.15, 0.2) is 5.79 Å². The van der Waals surface area contributed by atoms with Gasteiger partial charge in [-0.05, 0) is 51.1 Å². The average molecular weight is 276 g/mol. The molecule has 0 saturated carbocycles. The van der Waals surface area contributed by atoms with Gasteiger partial charge >= 0.3 is 0 Å². The minimum absolute atomic E-state index is 0.174. The van der Waals surface area contributed by atoms with Crippen molar-refractivity contribution in [1.29, 1.82) is 0 Å². The van der Waals surface area contributed by atoms with Gasteiger partial charge in [-0.1, -0.05) is 6.08 Å². The maximum atomic E-state index is 2.76. The average Bonchev–Trinajstić information content (AvgIpc) is 3.11. The van der Waals surface area contributed by atoms with E-state index in [4.69, 9.17) is 0 Å². The lowest BCUT2D eigenvalue weighted by molar-refractivity contribution is -0.260. The number of likely N-dealkylation sites (tertiary alicyclic amines) is 1. The van der Waals surface area contributed by atoms with Gasteiger partial charge in [0.05, 0.1) is 0 Å². The van der Waals surface area contributed by atoms with E-state index in [9.17, 15) is 0 Å². The zero-order chi connectivity index (χ0) is 13.4. The lowest BCUT2D eigenvalue weighted by Crippen LogP contribution is -2.75.